The Balaban J connectivity index is 2.12. The van der Waals surface area contributed by atoms with Gasteiger partial charge in [0.25, 0.3) is 0 Å². The predicted octanol–water partition coefficient (Wildman–Crippen LogP) is 2.27. The smallest absolute Gasteiger partial charge is 0.339 e. The number of carboxylic acid groups (broad SMARTS) is 1. The summed E-state index contributed by atoms with van der Waals surface area (Å²) in [5.41, 5.74) is 0.0874. The normalized spacial score (nSPS) is 13.6. The molecule has 0 saturated heterocycles. The van der Waals surface area contributed by atoms with Gasteiger partial charge in [-0.1, -0.05) is 6.08 Å². The Hall–Kier alpha value is -2.50. The highest BCUT2D eigenvalue weighted by Gasteiger charge is 2.31. The lowest BCUT2D eigenvalue weighted by atomic mass is 10.2. The highest BCUT2D eigenvalue weighted by Crippen LogP contribution is 2.28. The van der Waals surface area contributed by atoms with Gasteiger partial charge in [-0.25, -0.2) is 9.59 Å². The van der Waals surface area contributed by atoms with Gasteiger partial charge >= 0.3 is 12.0 Å². The first kappa shape index (κ1) is 13.9. The summed E-state index contributed by atoms with van der Waals surface area (Å²) < 4.78 is 0. The van der Waals surface area contributed by atoms with E-state index in [1.165, 1.54) is 18.2 Å². The van der Waals surface area contributed by atoms with Gasteiger partial charge in [0.2, 0.25) is 0 Å². The molecule has 1 aromatic rings. The minimum atomic E-state index is -1.25. The Morgan fingerprint density at radius 2 is 2.15 bits per heavy atom. The number of hydrogen-bond donors (Lipinski definition) is 3. The fourth-order valence-corrected chi connectivity index (χ4v) is 1.90. The summed E-state index contributed by atoms with van der Waals surface area (Å²) in [6.07, 6.45) is 3.59. The summed E-state index contributed by atoms with van der Waals surface area (Å²) in [4.78, 5) is 24.7. The zero-order chi connectivity index (χ0) is 14.7. The van der Waals surface area contributed by atoms with Crippen molar-refractivity contribution in [2.24, 2.45) is 0 Å². The van der Waals surface area contributed by atoms with E-state index >= 15 is 0 Å². The second kappa shape index (κ2) is 5.64. The third-order valence-corrected chi connectivity index (χ3v) is 3.05. The number of aromatic carboxylic acids is 1. The number of benzene rings is 1. The van der Waals surface area contributed by atoms with E-state index in [-0.39, 0.29) is 23.4 Å². The predicted molar refractivity (Wildman–Crippen MR) is 74.0 cm³/mol. The number of hydrogen-bond acceptors (Lipinski definition) is 3. The van der Waals surface area contributed by atoms with Crippen molar-refractivity contribution in [3.8, 4) is 5.75 Å². The van der Waals surface area contributed by atoms with Crippen LogP contribution in [-0.2, 0) is 0 Å². The molecule has 0 unspecified atom stereocenters. The van der Waals surface area contributed by atoms with Crippen molar-refractivity contribution in [1.29, 1.82) is 0 Å². The van der Waals surface area contributed by atoms with E-state index in [4.69, 9.17) is 5.11 Å². The minimum Gasteiger partial charge on any atom is -0.507 e. The zero-order valence-electron chi connectivity index (χ0n) is 10.9. The lowest BCUT2D eigenvalue weighted by Crippen LogP contribution is -2.36. The summed E-state index contributed by atoms with van der Waals surface area (Å²) >= 11 is 0. The minimum absolute atomic E-state index is 0.226. The SMILES string of the molecule is C=CCN(C(=O)Nc1ccc(O)c(C(=O)O)c1)C1CC1. The van der Waals surface area contributed by atoms with Crippen LogP contribution in [0.3, 0.4) is 0 Å². The van der Waals surface area contributed by atoms with E-state index in [0.717, 1.165) is 12.8 Å². The molecule has 2 amide bonds. The lowest BCUT2D eigenvalue weighted by molar-refractivity contribution is 0.0693. The molecule has 0 radical (unpaired) electrons. The van der Waals surface area contributed by atoms with Crippen LogP contribution in [0.25, 0.3) is 0 Å². The van der Waals surface area contributed by atoms with Gasteiger partial charge in [-0.3, -0.25) is 0 Å². The first-order chi connectivity index (χ1) is 9.52. The van der Waals surface area contributed by atoms with Gasteiger partial charge in [-0.2, -0.15) is 0 Å². The quantitative estimate of drug-likeness (QED) is 0.568. The average Bonchev–Trinajstić information content (AvgIpc) is 3.22. The standard InChI is InChI=1S/C14H16N2O4/c1-2-7-16(10-4-5-10)14(20)15-9-3-6-12(17)11(8-9)13(18)19/h2-3,6,8,10,17H,1,4-5,7H2,(H,15,20)(H,18,19). The molecular weight excluding hydrogens is 260 g/mol. The molecule has 1 aliphatic rings. The molecule has 0 aromatic heterocycles. The van der Waals surface area contributed by atoms with Crippen molar-refractivity contribution in [2.45, 2.75) is 18.9 Å². The molecule has 3 N–H and O–H groups in total. The van der Waals surface area contributed by atoms with Crippen molar-refractivity contribution >= 4 is 17.7 Å². The number of anilines is 1. The molecule has 0 aliphatic heterocycles. The van der Waals surface area contributed by atoms with Crippen molar-refractivity contribution in [3.63, 3.8) is 0 Å². The van der Waals surface area contributed by atoms with Crippen LogP contribution in [0, 0.1) is 0 Å². The van der Waals surface area contributed by atoms with Gasteiger partial charge in [-0.15, -0.1) is 6.58 Å². The number of carbonyl (C=O) groups excluding carboxylic acids is 1. The van der Waals surface area contributed by atoms with Crippen LogP contribution in [-0.4, -0.2) is 39.7 Å². The molecule has 0 spiro atoms. The Kier molecular flexibility index (Phi) is 3.93. The fraction of sp³-hybridized carbons (Fsp3) is 0.286. The molecule has 106 valence electrons. The average molecular weight is 276 g/mol. The fourth-order valence-electron chi connectivity index (χ4n) is 1.90. The third-order valence-electron chi connectivity index (χ3n) is 3.05. The molecular formula is C14H16N2O4. The Morgan fingerprint density at radius 1 is 1.45 bits per heavy atom. The first-order valence-corrected chi connectivity index (χ1v) is 6.27. The summed E-state index contributed by atoms with van der Waals surface area (Å²) in [6.45, 7) is 4.06. The molecule has 0 heterocycles. The third kappa shape index (κ3) is 3.09. The van der Waals surface area contributed by atoms with E-state index in [0.29, 0.717) is 12.2 Å². The first-order valence-electron chi connectivity index (χ1n) is 6.27. The molecule has 1 aromatic carbocycles. The second-order valence-electron chi connectivity index (χ2n) is 4.64. The van der Waals surface area contributed by atoms with Crippen molar-refractivity contribution in [2.75, 3.05) is 11.9 Å². The summed E-state index contributed by atoms with van der Waals surface area (Å²) in [5, 5.41) is 21.0. The van der Waals surface area contributed by atoms with Gasteiger partial charge in [-0.05, 0) is 31.0 Å². The zero-order valence-corrected chi connectivity index (χ0v) is 10.9. The van der Waals surface area contributed by atoms with E-state index in [1.807, 2.05) is 0 Å². The van der Waals surface area contributed by atoms with Gasteiger partial charge in [0.15, 0.2) is 0 Å². The Bertz CT molecular complexity index is 552. The number of carboxylic acids is 1. The number of amides is 2. The number of aromatic hydroxyl groups is 1. The van der Waals surface area contributed by atoms with E-state index in [9.17, 15) is 14.7 Å². The van der Waals surface area contributed by atoms with Crippen LogP contribution in [0.4, 0.5) is 10.5 Å². The lowest BCUT2D eigenvalue weighted by Gasteiger charge is -2.21. The second-order valence-corrected chi connectivity index (χ2v) is 4.64. The molecule has 1 fully saturated rings. The van der Waals surface area contributed by atoms with Crippen LogP contribution in [0.2, 0.25) is 0 Å². The molecule has 2 rings (SSSR count). The molecule has 1 saturated carbocycles. The monoisotopic (exact) mass is 276 g/mol. The number of phenols is 1. The molecule has 1 aliphatic carbocycles. The van der Waals surface area contributed by atoms with Gasteiger partial charge in [0, 0.05) is 18.3 Å². The van der Waals surface area contributed by atoms with Crippen molar-refractivity contribution in [1.82, 2.24) is 4.90 Å². The maximum Gasteiger partial charge on any atom is 0.339 e. The van der Waals surface area contributed by atoms with Crippen molar-refractivity contribution < 1.29 is 19.8 Å². The van der Waals surface area contributed by atoms with Gasteiger partial charge in [0.05, 0.1) is 0 Å². The molecule has 0 bridgehead atoms. The summed E-state index contributed by atoms with van der Waals surface area (Å²) in [7, 11) is 0. The summed E-state index contributed by atoms with van der Waals surface area (Å²) in [6, 6.07) is 3.86. The number of rotatable bonds is 5. The largest absolute Gasteiger partial charge is 0.507 e. The van der Waals surface area contributed by atoms with Gasteiger partial charge < -0.3 is 20.4 Å². The molecule has 6 heteroatoms. The number of nitrogens with zero attached hydrogens (tertiary/aromatic N) is 1. The number of urea groups is 1. The van der Waals surface area contributed by atoms with E-state index < -0.39 is 5.97 Å². The van der Waals surface area contributed by atoms with Gasteiger partial charge in [0.1, 0.15) is 11.3 Å². The van der Waals surface area contributed by atoms with Crippen LogP contribution in [0.5, 0.6) is 5.75 Å². The Labute approximate surface area is 116 Å². The highest BCUT2D eigenvalue weighted by atomic mass is 16.4. The maximum atomic E-state index is 12.1. The highest BCUT2D eigenvalue weighted by molar-refractivity contribution is 5.95. The number of carbonyl (C=O) groups is 2. The topological polar surface area (TPSA) is 89.9 Å². The van der Waals surface area contributed by atoms with Crippen LogP contribution in [0.15, 0.2) is 30.9 Å². The van der Waals surface area contributed by atoms with Crippen molar-refractivity contribution in [3.05, 3.63) is 36.4 Å². The van der Waals surface area contributed by atoms with Crippen LogP contribution < -0.4 is 5.32 Å². The molecule has 0 atom stereocenters. The van der Waals surface area contributed by atoms with E-state index in [2.05, 4.69) is 11.9 Å². The van der Waals surface area contributed by atoms with E-state index in [1.54, 1.807) is 11.0 Å². The number of nitrogens with one attached hydrogen (secondary N) is 1. The summed E-state index contributed by atoms with van der Waals surface area (Å²) in [5.74, 6) is -1.58. The Morgan fingerprint density at radius 3 is 2.70 bits per heavy atom. The molecule has 20 heavy (non-hydrogen) atoms. The van der Waals surface area contributed by atoms with Crippen LogP contribution >= 0.6 is 0 Å². The molecule has 6 nitrogen and oxygen atoms in total. The van der Waals surface area contributed by atoms with Crippen LogP contribution in [0.1, 0.15) is 23.2 Å². The maximum absolute atomic E-state index is 12.1.